The lowest BCUT2D eigenvalue weighted by atomic mass is 10.2. The zero-order valence-electron chi connectivity index (χ0n) is 9.70. The second-order valence-electron chi connectivity index (χ2n) is 4.05. The summed E-state index contributed by atoms with van der Waals surface area (Å²) in [7, 11) is 0. The van der Waals surface area contributed by atoms with Crippen LogP contribution in [0.1, 0.15) is 33.0 Å². The van der Waals surface area contributed by atoms with Crippen LogP contribution in [0, 0.1) is 0 Å². The average Bonchev–Trinajstić information content (AvgIpc) is 2.78. The molecule has 0 bridgehead atoms. The minimum Gasteiger partial charge on any atom is -0.396 e. The lowest BCUT2D eigenvalue weighted by Crippen LogP contribution is -2.23. The third-order valence-electron chi connectivity index (χ3n) is 2.72. The molecule has 5 heteroatoms. The summed E-state index contributed by atoms with van der Waals surface area (Å²) in [6, 6.07) is 2.04. The summed E-state index contributed by atoms with van der Waals surface area (Å²) < 4.78 is 0. The monoisotopic (exact) mass is 271 g/mol. The summed E-state index contributed by atoms with van der Waals surface area (Å²) in [5, 5.41) is 11.5. The highest BCUT2D eigenvalue weighted by Crippen LogP contribution is 2.31. The zero-order valence-corrected chi connectivity index (χ0v) is 11.3. The lowest BCUT2D eigenvalue weighted by molar-refractivity contribution is 0.0956. The van der Waals surface area contributed by atoms with E-state index in [2.05, 4.69) is 5.32 Å². The Kier molecular flexibility index (Phi) is 4.88. The predicted octanol–water partition coefficient (Wildman–Crippen LogP) is 2.04. The number of nitrogens with one attached hydrogen (secondary N) is 1. The van der Waals surface area contributed by atoms with Crippen molar-refractivity contribution >= 4 is 29.0 Å². The minimum absolute atomic E-state index is 0.0346. The highest BCUT2D eigenvalue weighted by Gasteiger charge is 2.16. The first-order valence-electron chi connectivity index (χ1n) is 5.89. The maximum absolute atomic E-state index is 11.9. The summed E-state index contributed by atoms with van der Waals surface area (Å²) in [4.78, 5) is 14.1. The fourth-order valence-electron chi connectivity index (χ4n) is 1.78. The molecule has 0 saturated heterocycles. The second kappa shape index (κ2) is 6.42. The lowest BCUT2D eigenvalue weighted by Gasteiger charge is -2.08. The van der Waals surface area contributed by atoms with Gasteiger partial charge in [0.15, 0.2) is 0 Å². The van der Waals surface area contributed by atoms with E-state index in [1.807, 2.05) is 17.8 Å². The molecule has 0 fully saturated rings. The molecule has 0 atom stereocenters. The summed E-state index contributed by atoms with van der Waals surface area (Å²) in [6.45, 7) is 0.844. The highest BCUT2D eigenvalue weighted by atomic mass is 32.2. The summed E-state index contributed by atoms with van der Waals surface area (Å²) in [5.41, 5.74) is 1.34. The van der Waals surface area contributed by atoms with Crippen LogP contribution in [0.15, 0.2) is 6.07 Å². The van der Waals surface area contributed by atoms with Gasteiger partial charge >= 0.3 is 0 Å². The summed E-state index contributed by atoms with van der Waals surface area (Å²) in [5.74, 6) is 2.25. The molecule has 0 radical (unpaired) electrons. The van der Waals surface area contributed by atoms with Gasteiger partial charge in [0.05, 0.1) is 4.88 Å². The van der Waals surface area contributed by atoms with Crippen LogP contribution < -0.4 is 5.32 Å². The Morgan fingerprint density at radius 2 is 2.35 bits per heavy atom. The molecule has 2 N–H and O–H groups in total. The fraction of sp³-hybridized carbons (Fsp3) is 0.583. The number of aliphatic hydroxyl groups is 1. The van der Waals surface area contributed by atoms with E-state index in [0.717, 1.165) is 29.9 Å². The van der Waals surface area contributed by atoms with Gasteiger partial charge in [-0.15, -0.1) is 11.3 Å². The van der Waals surface area contributed by atoms with Crippen molar-refractivity contribution in [2.45, 2.75) is 25.0 Å². The van der Waals surface area contributed by atoms with Crippen molar-refractivity contribution in [2.24, 2.45) is 0 Å². The van der Waals surface area contributed by atoms with E-state index in [1.54, 1.807) is 11.3 Å². The molecule has 2 rings (SSSR count). The van der Waals surface area contributed by atoms with Crippen LogP contribution in [0.3, 0.4) is 0 Å². The number of fused-ring (bicyclic) bond motifs is 1. The smallest absolute Gasteiger partial charge is 0.261 e. The molecule has 1 amide bonds. The molecule has 0 aliphatic carbocycles. The van der Waals surface area contributed by atoms with Gasteiger partial charge in [-0.3, -0.25) is 4.79 Å². The number of aliphatic hydroxyl groups excluding tert-OH is 1. The number of carbonyl (C=O) groups excluding carboxylic acids is 1. The van der Waals surface area contributed by atoms with Gasteiger partial charge in [0, 0.05) is 23.8 Å². The van der Waals surface area contributed by atoms with Crippen LogP contribution in [0.25, 0.3) is 0 Å². The van der Waals surface area contributed by atoms with Gasteiger partial charge in [-0.05, 0) is 36.6 Å². The minimum atomic E-state index is 0.0346. The fourth-order valence-corrected chi connectivity index (χ4v) is 4.07. The first-order valence-corrected chi connectivity index (χ1v) is 7.87. The molecule has 2 heterocycles. The molecule has 94 valence electrons. The van der Waals surface area contributed by atoms with Crippen molar-refractivity contribution in [3.63, 3.8) is 0 Å². The Labute approximate surface area is 110 Å². The van der Waals surface area contributed by atoms with Gasteiger partial charge in [-0.2, -0.15) is 11.8 Å². The topological polar surface area (TPSA) is 49.3 Å². The number of rotatable bonds is 5. The average molecular weight is 271 g/mol. The Balaban J connectivity index is 1.88. The van der Waals surface area contributed by atoms with Crippen molar-refractivity contribution in [3.8, 4) is 0 Å². The largest absolute Gasteiger partial charge is 0.396 e. The predicted molar refractivity (Wildman–Crippen MR) is 72.8 cm³/mol. The van der Waals surface area contributed by atoms with Crippen molar-refractivity contribution < 1.29 is 9.90 Å². The van der Waals surface area contributed by atoms with Crippen LogP contribution >= 0.6 is 23.1 Å². The van der Waals surface area contributed by atoms with Crippen LogP contribution in [-0.4, -0.2) is 29.9 Å². The second-order valence-corrected chi connectivity index (χ2v) is 6.29. The Bertz CT molecular complexity index is 366. The van der Waals surface area contributed by atoms with E-state index in [-0.39, 0.29) is 12.5 Å². The normalized spacial score (nSPS) is 14.4. The number of thiophene rings is 1. The Morgan fingerprint density at radius 3 is 3.12 bits per heavy atom. The van der Waals surface area contributed by atoms with Crippen LogP contribution in [0.5, 0.6) is 0 Å². The highest BCUT2D eigenvalue weighted by molar-refractivity contribution is 7.98. The number of hydrogen-bond acceptors (Lipinski definition) is 4. The first kappa shape index (κ1) is 12.9. The summed E-state index contributed by atoms with van der Waals surface area (Å²) in [6.07, 6.45) is 2.68. The third kappa shape index (κ3) is 3.47. The van der Waals surface area contributed by atoms with E-state index in [0.29, 0.717) is 6.54 Å². The Morgan fingerprint density at radius 1 is 1.47 bits per heavy atom. The van der Waals surface area contributed by atoms with E-state index in [4.69, 9.17) is 5.11 Å². The van der Waals surface area contributed by atoms with E-state index >= 15 is 0 Å². The van der Waals surface area contributed by atoms with E-state index in [1.165, 1.54) is 16.2 Å². The molecule has 1 aliphatic heterocycles. The summed E-state index contributed by atoms with van der Waals surface area (Å²) >= 11 is 3.57. The first-order chi connectivity index (χ1) is 8.31. The SMILES string of the molecule is O=C(NCCCCO)c1cc2c(s1)CCSC2. The van der Waals surface area contributed by atoms with Gasteiger partial charge in [-0.1, -0.05) is 0 Å². The van der Waals surface area contributed by atoms with Crippen molar-refractivity contribution in [1.29, 1.82) is 0 Å². The quantitative estimate of drug-likeness (QED) is 0.806. The van der Waals surface area contributed by atoms with Gasteiger partial charge in [0.25, 0.3) is 5.91 Å². The van der Waals surface area contributed by atoms with Crippen LogP contribution in [0.2, 0.25) is 0 Å². The van der Waals surface area contributed by atoms with Crippen molar-refractivity contribution in [1.82, 2.24) is 5.32 Å². The molecule has 0 spiro atoms. The standard InChI is InChI=1S/C12H17NO2S2/c14-5-2-1-4-13-12(15)11-7-9-8-16-6-3-10(9)17-11/h7,14H,1-6,8H2,(H,13,15). The molecular formula is C12H17NO2S2. The molecule has 1 aromatic rings. The number of carbonyl (C=O) groups is 1. The maximum atomic E-state index is 11.9. The van der Waals surface area contributed by atoms with Gasteiger partial charge in [0.1, 0.15) is 0 Å². The molecule has 1 aliphatic rings. The number of thioether (sulfide) groups is 1. The van der Waals surface area contributed by atoms with Gasteiger partial charge < -0.3 is 10.4 Å². The molecule has 3 nitrogen and oxygen atoms in total. The maximum Gasteiger partial charge on any atom is 0.261 e. The Hall–Kier alpha value is -0.520. The number of unbranched alkanes of at least 4 members (excludes halogenated alkanes) is 1. The van der Waals surface area contributed by atoms with Crippen LogP contribution in [0.4, 0.5) is 0 Å². The molecule has 0 saturated carbocycles. The number of aryl methyl sites for hydroxylation is 1. The molecule has 17 heavy (non-hydrogen) atoms. The zero-order chi connectivity index (χ0) is 12.1. The van der Waals surface area contributed by atoms with Crippen LogP contribution in [-0.2, 0) is 12.2 Å². The number of amides is 1. The molecule has 0 unspecified atom stereocenters. The van der Waals surface area contributed by atoms with Gasteiger partial charge in [0.2, 0.25) is 0 Å². The van der Waals surface area contributed by atoms with E-state index < -0.39 is 0 Å². The third-order valence-corrected chi connectivity index (χ3v) is 4.97. The van der Waals surface area contributed by atoms with Gasteiger partial charge in [-0.25, -0.2) is 0 Å². The van der Waals surface area contributed by atoms with Crippen molar-refractivity contribution in [2.75, 3.05) is 18.9 Å². The molecular weight excluding hydrogens is 254 g/mol. The molecule has 1 aromatic heterocycles. The molecule has 0 aromatic carbocycles. The number of hydrogen-bond donors (Lipinski definition) is 2. The van der Waals surface area contributed by atoms with E-state index in [9.17, 15) is 4.79 Å². The van der Waals surface area contributed by atoms with Crippen molar-refractivity contribution in [3.05, 3.63) is 21.4 Å².